The molecule has 4 heteroatoms. The summed E-state index contributed by atoms with van der Waals surface area (Å²) in [5.74, 6) is 2.62. The van der Waals surface area contributed by atoms with Crippen LogP contribution in [0.4, 0.5) is 0 Å². The van der Waals surface area contributed by atoms with Crippen molar-refractivity contribution in [2.45, 2.75) is 64.0 Å². The van der Waals surface area contributed by atoms with Gasteiger partial charge in [-0.05, 0) is 50.3 Å². The third kappa shape index (κ3) is 2.61. The predicted molar refractivity (Wildman–Crippen MR) is 80.1 cm³/mol. The summed E-state index contributed by atoms with van der Waals surface area (Å²) in [7, 11) is 0. The zero-order chi connectivity index (χ0) is 15.0. The molecule has 2 aliphatic rings. The Morgan fingerprint density at radius 3 is 2.90 bits per heavy atom. The van der Waals surface area contributed by atoms with E-state index >= 15 is 0 Å². The van der Waals surface area contributed by atoms with E-state index in [1.807, 2.05) is 6.07 Å². The Kier molecular flexibility index (Phi) is 3.82. The molecule has 3 unspecified atom stereocenters. The first-order valence-corrected chi connectivity index (χ1v) is 8.14. The molecule has 0 amide bonds. The lowest BCUT2D eigenvalue weighted by Gasteiger charge is -2.34. The number of furan rings is 1. The van der Waals surface area contributed by atoms with E-state index in [0.29, 0.717) is 12.5 Å². The maximum atomic E-state index is 11.8. The van der Waals surface area contributed by atoms with Crippen LogP contribution in [0.2, 0.25) is 0 Å². The van der Waals surface area contributed by atoms with E-state index in [-0.39, 0.29) is 0 Å². The Bertz CT molecular complexity index is 524. The molecule has 21 heavy (non-hydrogen) atoms. The molecule has 1 aromatic heterocycles. The fraction of sp³-hybridized carbons (Fsp3) is 0.706. The van der Waals surface area contributed by atoms with Crippen molar-refractivity contribution in [3.8, 4) is 0 Å². The summed E-state index contributed by atoms with van der Waals surface area (Å²) in [6.45, 7) is 5.76. The molecule has 0 aromatic carbocycles. The second-order valence-corrected chi connectivity index (χ2v) is 6.74. The van der Waals surface area contributed by atoms with Crippen LogP contribution in [0.1, 0.15) is 63.4 Å². The molecular formula is C17H25NO3. The Hall–Kier alpha value is -1.29. The Labute approximate surface area is 126 Å². The van der Waals surface area contributed by atoms with Crippen LogP contribution < -0.4 is 0 Å². The van der Waals surface area contributed by atoms with Crippen molar-refractivity contribution in [3.63, 3.8) is 0 Å². The number of hydrogen-bond donors (Lipinski definition) is 1. The number of aliphatic carboxylic acids is 1. The standard InChI is InChI=1S/C17H25NO3/c1-3-7-17(16(19)20)8-4-9-18(17)11-13-5-6-15(21-13)14-10-12(14)2/h5-6,12,14H,3-4,7-11H2,1-2H3,(H,19,20). The van der Waals surface area contributed by atoms with Gasteiger partial charge in [0.1, 0.15) is 17.1 Å². The first-order chi connectivity index (χ1) is 10.1. The summed E-state index contributed by atoms with van der Waals surface area (Å²) in [6, 6.07) is 4.10. The Morgan fingerprint density at radius 2 is 2.29 bits per heavy atom. The highest BCUT2D eigenvalue weighted by molar-refractivity contribution is 5.79. The van der Waals surface area contributed by atoms with Gasteiger partial charge in [-0.15, -0.1) is 0 Å². The van der Waals surface area contributed by atoms with E-state index in [2.05, 4.69) is 24.8 Å². The van der Waals surface area contributed by atoms with Gasteiger partial charge >= 0.3 is 5.97 Å². The van der Waals surface area contributed by atoms with Gasteiger partial charge in [0.15, 0.2) is 0 Å². The number of nitrogens with zero attached hydrogens (tertiary/aromatic N) is 1. The molecule has 1 saturated carbocycles. The zero-order valence-corrected chi connectivity index (χ0v) is 13.0. The molecule has 0 spiro atoms. The molecule has 116 valence electrons. The van der Waals surface area contributed by atoms with E-state index in [1.165, 1.54) is 6.42 Å². The first kappa shape index (κ1) is 14.6. The van der Waals surface area contributed by atoms with Gasteiger partial charge in [-0.3, -0.25) is 9.69 Å². The highest BCUT2D eigenvalue weighted by Crippen LogP contribution is 2.47. The van der Waals surface area contributed by atoms with Gasteiger partial charge in [-0.1, -0.05) is 20.3 Å². The fourth-order valence-electron chi connectivity index (χ4n) is 3.80. The van der Waals surface area contributed by atoms with Crippen molar-refractivity contribution in [2.24, 2.45) is 5.92 Å². The van der Waals surface area contributed by atoms with Crippen molar-refractivity contribution < 1.29 is 14.3 Å². The second-order valence-electron chi connectivity index (χ2n) is 6.74. The summed E-state index contributed by atoms with van der Waals surface area (Å²) in [4.78, 5) is 13.9. The van der Waals surface area contributed by atoms with Crippen LogP contribution in [-0.4, -0.2) is 28.1 Å². The highest BCUT2D eigenvalue weighted by atomic mass is 16.4. The van der Waals surface area contributed by atoms with E-state index in [0.717, 1.165) is 49.7 Å². The smallest absolute Gasteiger partial charge is 0.324 e. The van der Waals surface area contributed by atoms with E-state index < -0.39 is 11.5 Å². The van der Waals surface area contributed by atoms with Crippen LogP contribution in [0.25, 0.3) is 0 Å². The molecule has 3 atom stereocenters. The molecule has 1 N–H and O–H groups in total. The monoisotopic (exact) mass is 291 g/mol. The van der Waals surface area contributed by atoms with Crippen LogP contribution >= 0.6 is 0 Å². The van der Waals surface area contributed by atoms with Crippen molar-refractivity contribution in [1.29, 1.82) is 0 Å². The van der Waals surface area contributed by atoms with Gasteiger partial charge in [0.2, 0.25) is 0 Å². The first-order valence-electron chi connectivity index (χ1n) is 8.14. The number of carboxylic acid groups (broad SMARTS) is 1. The fourth-order valence-corrected chi connectivity index (χ4v) is 3.80. The van der Waals surface area contributed by atoms with Crippen LogP contribution in [-0.2, 0) is 11.3 Å². The SMILES string of the molecule is CCCC1(C(=O)O)CCCN1Cc1ccc(C2CC2C)o1. The maximum Gasteiger partial charge on any atom is 0.324 e. The van der Waals surface area contributed by atoms with Gasteiger partial charge in [0.25, 0.3) is 0 Å². The molecule has 0 bridgehead atoms. The van der Waals surface area contributed by atoms with Gasteiger partial charge in [0, 0.05) is 5.92 Å². The van der Waals surface area contributed by atoms with Crippen LogP contribution in [0.5, 0.6) is 0 Å². The van der Waals surface area contributed by atoms with Gasteiger partial charge in [-0.2, -0.15) is 0 Å². The average Bonchev–Trinajstić information content (AvgIpc) is 2.88. The van der Waals surface area contributed by atoms with Crippen molar-refractivity contribution in [1.82, 2.24) is 4.90 Å². The largest absolute Gasteiger partial charge is 0.480 e. The zero-order valence-electron chi connectivity index (χ0n) is 13.0. The van der Waals surface area contributed by atoms with Gasteiger partial charge < -0.3 is 9.52 Å². The summed E-state index contributed by atoms with van der Waals surface area (Å²) >= 11 is 0. The lowest BCUT2D eigenvalue weighted by atomic mass is 9.90. The normalized spacial score (nSPS) is 32.5. The number of carboxylic acids is 1. The molecular weight excluding hydrogens is 266 g/mol. The minimum atomic E-state index is -0.686. The molecule has 2 fully saturated rings. The minimum Gasteiger partial charge on any atom is -0.480 e. The Morgan fingerprint density at radius 1 is 1.52 bits per heavy atom. The number of carbonyl (C=O) groups is 1. The van der Waals surface area contributed by atoms with Crippen molar-refractivity contribution >= 4 is 5.97 Å². The molecule has 1 aliphatic carbocycles. The summed E-state index contributed by atoms with van der Waals surface area (Å²) in [5, 5.41) is 9.71. The van der Waals surface area contributed by atoms with Crippen molar-refractivity contribution in [3.05, 3.63) is 23.7 Å². The summed E-state index contributed by atoms with van der Waals surface area (Å²) in [5.41, 5.74) is -0.686. The predicted octanol–water partition coefficient (Wildman–Crippen LogP) is 3.62. The molecule has 3 rings (SSSR count). The molecule has 4 nitrogen and oxygen atoms in total. The number of rotatable bonds is 6. The quantitative estimate of drug-likeness (QED) is 0.869. The van der Waals surface area contributed by atoms with E-state index in [1.54, 1.807) is 0 Å². The number of hydrogen-bond acceptors (Lipinski definition) is 3. The molecule has 2 heterocycles. The lowest BCUT2D eigenvalue weighted by molar-refractivity contribution is -0.150. The minimum absolute atomic E-state index is 0.581. The third-order valence-electron chi connectivity index (χ3n) is 5.19. The molecule has 0 radical (unpaired) electrons. The van der Waals surface area contributed by atoms with Gasteiger partial charge in [-0.25, -0.2) is 0 Å². The Balaban J connectivity index is 1.73. The second kappa shape index (κ2) is 5.48. The highest BCUT2D eigenvalue weighted by Gasteiger charge is 2.47. The van der Waals surface area contributed by atoms with Crippen LogP contribution in [0.3, 0.4) is 0 Å². The van der Waals surface area contributed by atoms with E-state index in [9.17, 15) is 9.90 Å². The maximum absolute atomic E-state index is 11.8. The van der Waals surface area contributed by atoms with Crippen LogP contribution in [0, 0.1) is 5.92 Å². The van der Waals surface area contributed by atoms with Gasteiger partial charge in [0.05, 0.1) is 6.54 Å². The molecule has 1 aromatic rings. The van der Waals surface area contributed by atoms with Crippen molar-refractivity contribution in [2.75, 3.05) is 6.54 Å². The summed E-state index contributed by atoms with van der Waals surface area (Å²) < 4.78 is 5.96. The topological polar surface area (TPSA) is 53.7 Å². The summed E-state index contributed by atoms with van der Waals surface area (Å²) in [6.07, 6.45) is 4.54. The number of likely N-dealkylation sites (tertiary alicyclic amines) is 1. The van der Waals surface area contributed by atoms with E-state index in [4.69, 9.17) is 4.42 Å². The lowest BCUT2D eigenvalue weighted by Crippen LogP contribution is -2.49. The molecule has 1 saturated heterocycles. The third-order valence-corrected chi connectivity index (χ3v) is 5.19. The molecule has 1 aliphatic heterocycles. The average molecular weight is 291 g/mol. The van der Waals surface area contributed by atoms with Crippen LogP contribution in [0.15, 0.2) is 16.5 Å².